The van der Waals surface area contributed by atoms with Crippen molar-refractivity contribution in [1.82, 2.24) is 0 Å². The number of hydrogen-bond donors (Lipinski definition) is 0. The van der Waals surface area contributed by atoms with Gasteiger partial charge in [-0.15, -0.1) is 0 Å². The van der Waals surface area contributed by atoms with E-state index in [9.17, 15) is 0 Å². The van der Waals surface area contributed by atoms with Gasteiger partial charge in [0.25, 0.3) is 0 Å². The van der Waals surface area contributed by atoms with Gasteiger partial charge in [-0.2, -0.15) is 0 Å². The molecule has 1 aromatic carbocycles. The highest BCUT2D eigenvalue weighted by atomic mass is 14.3. The van der Waals surface area contributed by atoms with Gasteiger partial charge >= 0.3 is 0 Å². The Kier molecular flexibility index (Phi) is 23.2. The van der Waals surface area contributed by atoms with Crippen LogP contribution in [0.2, 0.25) is 0 Å². The van der Waals surface area contributed by atoms with Gasteiger partial charge in [0, 0.05) is 0 Å². The number of aryl methyl sites for hydroxylation is 1. The Bertz CT molecular complexity index is 543. The molecule has 1 rings (SSSR count). The Labute approximate surface area is 199 Å². The molecule has 0 heterocycles. The van der Waals surface area contributed by atoms with Crippen molar-refractivity contribution in [3.8, 4) is 0 Å². The highest BCUT2D eigenvalue weighted by molar-refractivity contribution is 5.68. The summed E-state index contributed by atoms with van der Waals surface area (Å²) in [6.45, 7) is 31.1. The summed E-state index contributed by atoms with van der Waals surface area (Å²) in [4.78, 5) is 0. The fraction of sp³-hybridized carbons (Fsp3) is 0.742. The molecule has 0 unspecified atom stereocenters. The van der Waals surface area contributed by atoms with Crippen LogP contribution in [0, 0.1) is 18.8 Å². The first-order valence-electron chi connectivity index (χ1n) is 13.2. The Morgan fingerprint density at radius 1 is 0.903 bits per heavy atom. The van der Waals surface area contributed by atoms with Crippen molar-refractivity contribution in [1.29, 1.82) is 0 Å². The van der Waals surface area contributed by atoms with Gasteiger partial charge in [-0.1, -0.05) is 126 Å². The summed E-state index contributed by atoms with van der Waals surface area (Å²) in [5, 5.41) is 0. The molecule has 0 saturated heterocycles. The van der Waals surface area contributed by atoms with E-state index in [1.807, 2.05) is 13.8 Å². The van der Waals surface area contributed by atoms with Gasteiger partial charge in [0.05, 0.1) is 0 Å². The molecule has 0 N–H and O–H groups in total. The van der Waals surface area contributed by atoms with Crippen molar-refractivity contribution < 1.29 is 0 Å². The molecular formula is C31H60. The number of allylic oxidation sites excluding steroid dienone is 2. The summed E-state index contributed by atoms with van der Waals surface area (Å²) in [7, 11) is 0. The molecule has 0 spiro atoms. The number of rotatable bonds is 8. The van der Waals surface area contributed by atoms with Crippen LogP contribution in [0.15, 0.2) is 24.3 Å². The molecule has 0 aromatic heterocycles. The van der Waals surface area contributed by atoms with Crippen molar-refractivity contribution in [2.45, 2.75) is 141 Å². The van der Waals surface area contributed by atoms with E-state index < -0.39 is 0 Å². The molecule has 1 aromatic rings. The van der Waals surface area contributed by atoms with Crippen LogP contribution in [0.4, 0.5) is 0 Å². The van der Waals surface area contributed by atoms with Crippen molar-refractivity contribution >= 4 is 5.57 Å². The summed E-state index contributed by atoms with van der Waals surface area (Å²) in [5.41, 5.74) is 6.05. The first-order valence-corrected chi connectivity index (χ1v) is 13.2. The van der Waals surface area contributed by atoms with E-state index >= 15 is 0 Å². The topological polar surface area (TPSA) is 0 Å². The lowest BCUT2D eigenvalue weighted by atomic mass is 9.73. The zero-order valence-electron chi connectivity index (χ0n) is 24.2. The van der Waals surface area contributed by atoms with Crippen molar-refractivity contribution in [2.75, 3.05) is 0 Å². The van der Waals surface area contributed by atoms with Gasteiger partial charge in [0.1, 0.15) is 0 Å². The predicted octanol–water partition coefficient (Wildman–Crippen LogP) is 11.4. The molecule has 0 bridgehead atoms. The highest BCUT2D eigenvalue weighted by Crippen LogP contribution is 2.37. The van der Waals surface area contributed by atoms with E-state index in [1.54, 1.807) is 5.56 Å². The van der Waals surface area contributed by atoms with E-state index in [-0.39, 0.29) is 5.41 Å². The molecule has 0 heteroatoms. The Balaban J connectivity index is -0.000000855. The van der Waals surface area contributed by atoms with Gasteiger partial charge < -0.3 is 0 Å². The molecule has 0 saturated carbocycles. The molecule has 0 aliphatic heterocycles. The quantitative estimate of drug-likeness (QED) is 0.383. The summed E-state index contributed by atoms with van der Waals surface area (Å²) >= 11 is 0. The third-order valence-electron chi connectivity index (χ3n) is 5.31. The number of hydrogen-bond acceptors (Lipinski definition) is 0. The summed E-state index contributed by atoms with van der Waals surface area (Å²) in [5.74, 6) is 1.65. The zero-order valence-corrected chi connectivity index (χ0v) is 24.2. The van der Waals surface area contributed by atoms with Crippen LogP contribution in [0.5, 0.6) is 0 Å². The molecule has 0 aliphatic rings. The Morgan fingerprint density at radius 3 is 1.81 bits per heavy atom. The minimum Gasteiger partial charge on any atom is -0.0841 e. The third kappa shape index (κ3) is 16.3. The van der Waals surface area contributed by atoms with Gasteiger partial charge in [0.2, 0.25) is 0 Å². The fourth-order valence-electron chi connectivity index (χ4n) is 3.54. The molecule has 184 valence electrons. The maximum atomic E-state index is 2.43. The van der Waals surface area contributed by atoms with E-state index in [4.69, 9.17) is 0 Å². The molecule has 0 fully saturated rings. The zero-order chi connectivity index (χ0) is 25.0. The van der Waals surface area contributed by atoms with Crippen molar-refractivity contribution in [3.05, 3.63) is 41.0 Å². The molecule has 31 heavy (non-hydrogen) atoms. The standard InChI is InChI=1S/C23H38.2C3H8.C2H6/c1-9-19(5)21-12-10-11-20(6)22(21)23(7,8)16-15-18(4)14-13-17(2)3;2*1-3-2;1-2/h9-12,17-18H,13-16H2,1-8H3;2*3H2,1-2H3;1-2H3/b19-9+;;;/t18-;;;/m0.../s1. The lowest BCUT2D eigenvalue weighted by Gasteiger charge is -2.31. The lowest BCUT2D eigenvalue weighted by molar-refractivity contribution is 0.364. The molecule has 1 atom stereocenters. The second-order valence-corrected chi connectivity index (χ2v) is 9.88. The van der Waals surface area contributed by atoms with E-state index in [2.05, 4.69) is 107 Å². The monoisotopic (exact) mass is 432 g/mol. The van der Waals surface area contributed by atoms with Crippen LogP contribution < -0.4 is 0 Å². The van der Waals surface area contributed by atoms with E-state index in [1.165, 1.54) is 55.2 Å². The van der Waals surface area contributed by atoms with Crippen LogP contribution in [0.1, 0.15) is 145 Å². The lowest BCUT2D eigenvalue weighted by Crippen LogP contribution is -2.21. The molecular weight excluding hydrogens is 372 g/mol. The van der Waals surface area contributed by atoms with Crippen molar-refractivity contribution in [2.24, 2.45) is 11.8 Å². The average molecular weight is 433 g/mol. The van der Waals surface area contributed by atoms with Crippen LogP contribution in [-0.2, 0) is 5.41 Å². The minimum absolute atomic E-state index is 0.233. The van der Waals surface area contributed by atoms with E-state index in [0.29, 0.717) is 0 Å². The van der Waals surface area contributed by atoms with E-state index in [0.717, 1.165) is 11.8 Å². The predicted molar refractivity (Wildman–Crippen MR) is 149 cm³/mol. The summed E-state index contributed by atoms with van der Waals surface area (Å²) in [6, 6.07) is 6.76. The smallest absolute Gasteiger partial charge is 0.00948 e. The molecule has 0 radical (unpaired) electrons. The maximum Gasteiger partial charge on any atom is -0.00948 e. The molecule has 0 nitrogen and oxygen atoms in total. The van der Waals surface area contributed by atoms with Crippen molar-refractivity contribution in [3.63, 3.8) is 0 Å². The fourth-order valence-corrected chi connectivity index (χ4v) is 3.54. The SMILES string of the molecule is C/C=C(\C)c1cccc(C)c1C(C)(C)CC[C@@H](C)CCC(C)C.CC.CCC.CCC. The van der Waals surface area contributed by atoms with Gasteiger partial charge in [0.15, 0.2) is 0 Å². The van der Waals surface area contributed by atoms with Crippen LogP contribution in [0.3, 0.4) is 0 Å². The molecule has 0 amide bonds. The largest absolute Gasteiger partial charge is 0.0841 e. The normalized spacial score (nSPS) is 12.0. The van der Waals surface area contributed by atoms with Gasteiger partial charge in [-0.3, -0.25) is 0 Å². The summed E-state index contributed by atoms with van der Waals surface area (Å²) in [6.07, 6.45) is 10.0. The first kappa shape index (κ1) is 34.6. The maximum absolute atomic E-state index is 2.43. The van der Waals surface area contributed by atoms with Crippen LogP contribution in [0.25, 0.3) is 5.57 Å². The third-order valence-corrected chi connectivity index (χ3v) is 5.31. The summed E-state index contributed by atoms with van der Waals surface area (Å²) < 4.78 is 0. The second kappa shape index (κ2) is 20.8. The first-order chi connectivity index (χ1) is 14.5. The van der Waals surface area contributed by atoms with Crippen LogP contribution >= 0.6 is 0 Å². The molecule has 0 aliphatic carbocycles. The van der Waals surface area contributed by atoms with Crippen LogP contribution in [-0.4, -0.2) is 0 Å². The average Bonchev–Trinajstić information content (AvgIpc) is 2.72. The number of benzene rings is 1. The Hall–Kier alpha value is -1.04. The highest BCUT2D eigenvalue weighted by Gasteiger charge is 2.26. The minimum atomic E-state index is 0.233. The second-order valence-electron chi connectivity index (χ2n) is 9.88. The Morgan fingerprint density at radius 2 is 1.39 bits per heavy atom. The van der Waals surface area contributed by atoms with Gasteiger partial charge in [-0.25, -0.2) is 0 Å². The van der Waals surface area contributed by atoms with Gasteiger partial charge in [-0.05, 0) is 73.1 Å².